The molecule has 2 nitrogen and oxygen atoms in total. The standard InChI is InChI=1S/C14H18BrNOS/c1-14(8-3-9-18-14)13(17)16(2)10-11-4-6-12(15)7-5-11/h4-7H,3,8-10H2,1-2H3. The first-order chi connectivity index (χ1) is 8.51. The van der Waals surface area contributed by atoms with Crippen molar-refractivity contribution in [2.45, 2.75) is 31.1 Å². The van der Waals surface area contributed by atoms with E-state index in [1.165, 1.54) is 5.56 Å². The van der Waals surface area contributed by atoms with Crippen LogP contribution in [0.4, 0.5) is 0 Å². The van der Waals surface area contributed by atoms with Gasteiger partial charge in [-0.25, -0.2) is 0 Å². The molecule has 1 aliphatic rings. The van der Waals surface area contributed by atoms with E-state index in [2.05, 4.69) is 35.0 Å². The highest BCUT2D eigenvalue weighted by atomic mass is 79.9. The molecule has 0 aliphatic carbocycles. The molecule has 0 radical (unpaired) electrons. The normalized spacial score (nSPS) is 23.1. The maximum absolute atomic E-state index is 12.4. The molecule has 1 fully saturated rings. The van der Waals surface area contributed by atoms with Gasteiger partial charge in [-0.15, -0.1) is 11.8 Å². The predicted molar refractivity (Wildman–Crippen MR) is 80.7 cm³/mol. The van der Waals surface area contributed by atoms with Crippen molar-refractivity contribution in [2.75, 3.05) is 12.8 Å². The van der Waals surface area contributed by atoms with E-state index >= 15 is 0 Å². The van der Waals surface area contributed by atoms with Crippen molar-refractivity contribution in [3.63, 3.8) is 0 Å². The Hall–Kier alpha value is -0.480. The molecule has 0 spiro atoms. The van der Waals surface area contributed by atoms with E-state index in [0.29, 0.717) is 6.54 Å². The van der Waals surface area contributed by atoms with Crippen LogP contribution in [0.25, 0.3) is 0 Å². The molecule has 98 valence electrons. The highest BCUT2D eigenvalue weighted by Crippen LogP contribution is 2.39. The summed E-state index contributed by atoms with van der Waals surface area (Å²) in [4.78, 5) is 14.3. The second-order valence-electron chi connectivity index (χ2n) is 4.97. The van der Waals surface area contributed by atoms with Crippen LogP contribution >= 0.6 is 27.7 Å². The van der Waals surface area contributed by atoms with Gasteiger partial charge in [0, 0.05) is 18.1 Å². The van der Waals surface area contributed by atoms with Crippen molar-refractivity contribution in [3.05, 3.63) is 34.3 Å². The Morgan fingerprint density at radius 1 is 1.44 bits per heavy atom. The molecule has 0 N–H and O–H groups in total. The molecular weight excluding hydrogens is 310 g/mol. The molecule has 0 aromatic heterocycles. The van der Waals surface area contributed by atoms with E-state index in [1.807, 2.05) is 24.1 Å². The minimum Gasteiger partial charge on any atom is -0.340 e. The number of amides is 1. The Kier molecular flexibility index (Phi) is 4.38. The molecule has 1 heterocycles. The van der Waals surface area contributed by atoms with E-state index in [1.54, 1.807) is 11.8 Å². The summed E-state index contributed by atoms with van der Waals surface area (Å²) in [6.07, 6.45) is 2.15. The monoisotopic (exact) mass is 327 g/mol. The molecule has 1 saturated heterocycles. The third-order valence-corrected chi connectivity index (χ3v) is 5.39. The molecule has 18 heavy (non-hydrogen) atoms. The second-order valence-corrected chi connectivity index (χ2v) is 7.48. The second kappa shape index (κ2) is 5.66. The SMILES string of the molecule is CN(Cc1ccc(Br)cc1)C(=O)C1(C)CCCS1. The van der Waals surface area contributed by atoms with E-state index in [4.69, 9.17) is 0 Å². The lowest BCUT2D eigenvalue weighted by atomic mass is 10.0. The van der Waals surface area contributed by atoms with Crippen molar-refractivity contribution in [3.8, 4) is 0 Å². The smallest absolute Gasteiger partial charge is 0.238 e. The Labute approximate surface area is 121 Å². The summed E-state index contributed by atoms with van der Waals surface area (Å²) in [7, 11) is 1.90. The van der Waals surface area contributed by atoms with Gasteiger partial charge >= 0.3 is 0 Å². The molecule has 1 amide bonds. The summed E-state index contributed by atoms with van der Waals surface area (Å²) < 4.78 is 0.864. The van der Waals surface area contributed by atoms with E-state index in [9.17, 15) is 4.79 Å². The highest BCUT2D eigenvalue weighted by Gasteiger charge is 2.38. The van der Waals surface area contributed by atoms with Crippen LogP contribution < -0.4 is 0 Å². The molecule has 0 saturated carbocycles. The van der Waals surface area contributed by atoms with Gasteiger partial charge in [-0.2, -0.15) is 0 Å². The van der Waals surface area contributed by atoms with Gasteiger partial charge < -0.3 is 4.90 Å². The maximum atomic E-state index is 12.4. The number of halogens is 1. The summed E-state index contributed by atoms with van der Waals surface area (Å²) in [6, 6.07) is 8.13. The number of thioether (sulfide) groups is 1. The number of nitrogens with zero attached hydrogens (tertiary/aromatic N) is 1. The lowest BCUT2D eigenvalue weighted by molar-refractivity contribution is -0.132. The zero-order chi connectivity index (χ0) is 13.2. The van der Waals surface area contributed by atoms with Gasteiger partial charge in [0.1, 0.15) is 0 Å². The summed E-state index contributed by atoms with van der Waals surface area (Å²) in [5.41, 5.74) is 1.17. The number of hydrogen-bond donors (Lipinski definition) is 0. The quantitative estimate of drug-likeness (QED) is 0.843. The third kappa shape index (κ3) is 3.09. The number of carbonyl (C=O) groups excluding carboxylic acids is 1. The maximum Gasteiger partial charge on any atom is 0.238 e. The number of rotatable bonds is 3. The summed E-state index contributed by atoms with van der Waals surface area (Å²) in [6.45, 7) is 2.76. The minimum absolute atomic E-state index is 0.204. The van der Waals surface area contributed by atoms with Gasteiger partial charge in [-0.1, -0.05) is 28.1 Å². The number of hydrogen-bond acceptors (Lipinski definition) is 2. The Balaban J connectivity index is 2.01. The summed E-state index contributed by atoms with van der Waals surface area (Å²) >= 11 is 5.21. The third-order valence-electron chi connectivity index (χ3n) is 3.35. The largest absolute Gasteiger partial charge is 0.340 e. The molecule has 1 aromatic carbocycles. The number of carbonyl (C=O) groups is 1. The average molecular weight is 328 g/mol. The Morgan fingerprint density at radius 2 is 2.11 bits per heavy atom. The predicted octanol–water partition coefficient (Wildman–Crippen LogP) is 3.69. The Bertz CT molecular complexity index is 426. The van der Waals surface area contributed by atoms with Crippen LogP contribution in [0.5, 0.6) is 0 Å². The van der Waals surface area contributed by atoms with Crippen LogP contribution in [0, 0.1) is 0 Å². The fourth-order valence-electron chi connectivity index (χ4n) is 2.29. The van der Waals surface area contributed by atoms with Crippen molar-refractivity contribution < 1.29 is 4.79 Å². The van der Waals surface area contributed by atoms with Gasteiger partial charge in [0.2, 0.25) is 5.91 Å². The lowest BCUT2D eigenvalue weighted by Gasteiger charge is -2.28. The first kappa shape index (κ1) is 13.9. The molecule has 1 unspecified atom stereocenters. The highest BCUT2D eigenvalue weighted by molar-refractivity contribution is 9.10. The van der Waals surface area contributed by atoms with Gasteiger partial charge in [0.25, 0.3) is 0 Å². The zero-order valence-electron chi connectivity index (χ0n) is 10.8. The molecule has 2 rings (SSSR count). The van der Waals surface area contributed by atoms with Crippen LogP contribution in [0.2, 0.25) is 0 Å². The summed E-state index contributed by atoms with van der Waals surface area (Å²) in [5.74, 6) is 1.36. The number of benzene rings is 1. The summed E-state index contributed by atoms with van der Waals surface area (Å²) in [5, 5.41) is 0. The van der Waals surface area contributed by atoms with Crippen LogP contribution in [0.1, 0.15) is 25.3 Å². The van der Waals surface area contributed by atoms with Crippen molar-refractivity contribution >= 4 is 33.6 Å². The van der Waals surface area contributed by atoms with Crippen molar-refractivity contribution in [1.82, 2.24) is 4.90 Å². The molecule has 4 heteroatoms. The van der Waals surface area contributed by atoms with Crippen LogP contribution in [-0.4, -0.2) is 28.4 Å². The van der Waals surface area contributed by atoms with E-state index in [0.717, 1.165) is 23.1 Å². The molecule has 0 bridgehead atoms. The van der Waals surface area contributed by atoms with Crippen molar-refractivity contribution in [2.24, 2.45) is 0 Å². The molecule has 1 atom stereocenters. The molecular formula is C14H18BrNOS. The van der Waals surface area contributed by atoms with Gasteiger partial charge in [0.15, 0.2) is 0 Å². The molecule has 1 aliphatic heterocycles. The first-order valence-corrected chi connectivity index (χ1v) is 7.93. The molecule has 1 aromatic rings. The van der Waals surface area contributed by atoms with Gasteiger partial charge in [-0.05, 0) is 43.2 Å². The van der Waals surface area contributed by atoms with Crippen molar-refractivity contribution in [1.29, 1.82) is 0 Å². The average Bonchev–Trinajstić information content (AvgIpc) is 2.79. The fourth-order valence-corrected chi connectivity index (χ4v) is 3.86. The first-order valence-electron chi connectivity index (χ1n) is 6.15. The fraction of sp³-hybridized carbons (Fsp3) is 0.500. The van der Waals surface area contributed by atoms with Crippen LogP contribution in [0.15, 0.2) is 28.7 Å². The van der Waals surface area contributed by atoms with E-state index in [-0.39, 0.29) is 10.7 Å². The Morgan fingerprint density at radius 3 is 2.67 bits per heavy atom. The topological polar surface area (TPSA) is 20.3 Å². The zero-order valence-corrected chi connectivity index (χ0v) is 13.2. The van der Waals surface area contributed by atoms with Crippen LogP contribution in [-0.2, 0) is 11.3 Å². The van der Waals surface area contributed by atoms with Gasteiger partial charge in [0.05, 0.1) is 4.75 Å². The minimum atomic E-state index is -0.204. The lowest BCUT2D eigenvalue weighted by Crippen LogP contribution is -2.41. The van der Waals surface area contributed by atoms with E-state index < -0.39 is 0 Å². The van der Waals surface area contributed by atoms with Gasteiger partial charge in [-0.3, -0.25) is 4.79 Å². The van der Waals surface area contributed by atoms with Crippen LogP contribution in [0.3, 0.4) is 0 Å².